The lowest BCUT2D eigenvalue weighted by Gasteiger charge is -2.25. The Labute approximate surface area is 98.0 Å². The molecule has 1 aliphatic rings. The van der Waals surface area contributed by atoms with Crippen LogP contribution in [0.2, 0.25) is 0 Å². The van der Waals surface area contributed by atoms with Crippen LogP contribution in [-0.4, -0.2) is 6.54 Å². The summed E-state index contributed by atoms with van der Waals surface area (Å²) < 4.78 is 14.5. The van der Waals surface area contributed by atoms with Gasteiger partial charge in [-0.1, -0.05) is 15.9 Å². The van der Waals surface area contributed by atoms with Crippen molar-refractivity contribution in [1.29, 1.82) is 0 Å². The number of fused-ring (bicyclic) bond motifs is 1. The van der Waals surface area contributed by atoms with Gasteiger partial charge < -0.3 is 5.73 Å². The molecule has 1 aliphatic carbocycles. The average molecular weight is 272 g/mol. The lowest BCUT2D eigenvalue weighted by molar-refractivity contribution is 0.502. The Morgan fingerprint density at radius 1 is 1.47 bits per heavy atom. The standard InChI is InChI=1S/C12H15BrFN/c13-9-6-11-8(4-5-15)2-1-3-10(11)12(14)7-9/h6-8H,1-5,15H2. The van der Waals surface area contributed by atoms with Crippen molar-refractivity contribution in [1.82, 2.24) is 0 Å². The molecule has 2 N–H and O–H groups in total. The van der Waals surface area contributed by atoms with Gasteiger partial charge in [-0.05, 0) is 61.4 Å². The minimum absolute atomic E-state index is 0.0684. The molecule has 1 nitrogen and oxygen atoms in total. The minimum Gasteiger partial charge on any atom is -0.330 e. The van der Waals surface area contributed by atoms with E-state index in [1.165, 1.54) is 5.56 Å². The molecule has 0 fully saturated rings. The minimum atomic E-state index is -0.0684. The highest BCUT2D eigenvalue weighted by molar-refractivity contribution is 9.10. The maximum atomic E-state index is 13.7. The number of hydrogen-bond acceptors (Lipinski definition) is 1. The van der Waals surface area contributed by atoms with E-state index in [-0.39, 0.29) is 5.82 Å². The molecule has 3 heteroatoms. The van der Waals surface area contributed by atoms with Gasteiger partial charge in [-0.2, -0.15) is 0 Å². The molecule has 0 radical (unpaired) electrons. The van der Waals surface area contributed by atoms with Crippen LogP contribution in [0, 0.1) is 5.82 Å². The summed E-state index contributed by atoms with van der Waals surface area (Å²) in [6, 6.07) is 3.61. The number of nitrogens with two attached hydrogens (primary N) is 1. The zero-order valence-electron chi connectivity index (χ0n) is 8.60. The number of halogens is 2. The molecule has 0 aromatic heterocycles. The maximum Gasteiger partial charge on any atom is 0.127 e. The molecule has 1 atom stereocenters. The zero-order chi connectivity index (χ0) is 10.8. The third-order valence-electron chi connectivity index (χ3n) is 3.13. The van der Waals surface area contributed by atoms with E-state index in [4.69, 9.17) is 5.73 Å². The molecule has 0 bridgehead atoms. The van der Waals surface area contributed by atoms with Crippen molar-refractivity contribution >= 4 is 15.9 Å². The van der Waals surface area contributed by atoms with Crippen LogP contribution in [-0.2, 0) is 6.42 Å². The normalized spacial score (nSPS) is 20.1. The van der Waals surface area contributed by atoms with Gasteiger partial charge in [0.05, 0.1) is 0 Å². The van der Waals surface area contributed by atoms with Crippen LogP contribution in [0.4, 0.5) is 4.39 Å². The molecule has 2 rings (SSSR count). The second-order valence-corrected chi connectivity index (χ2v) is 5.04. The van der Waals surface area contributed by atoms with Crippen molar-refractivity contribution in [3.8, 4) is 0 Å². The zero-order valence-corrected chi connectivity index (χ0v) is 10.2. The Morgan fingerprint density at radius 2 is 2.27 bits per heavy atom. The lowest BCUT2D eigenvalue weighted by atomic mass is 9.81. The van der Waals surface area contributed by atoms with Crippen molar-refractivity contribution in [3.63, 3.8) is 0 Å². The van der Waals surface area contributed by atoms with Gasteiger partial charge >= 0.3 is 0 Å². The summed E-state index contributed by atoms with van der Waals surface area (Å²) in [5.41, 5.74) is 7.66. The Kier molecular flexibility index (Phi) is 3.42. The molecule has 1 aromatic rings. The molecular formula is C12H15BrFN. The molecule has 0 saturated heterocycles. The first-order valence-electron chi connectivity index (χ1n) is 5.40. The first kappa shape index (κ1) is 11.1. The maximum absolute atomic E-state index is 13.7. The first-order chi connectivity index (χ1) is 7.22. The van der Waals surface area contributed by atoms with Gasteiger partial charge in [0.25, 0.3) is 0 Å². The van der Waals surface area contributed by atoms with Crippen LogP contribution >= 0.6 is 15.9 Å². The van der Waals surface area contributed by atoms with Gasteiger partial charge in [0.15, 0.2) is 0 Å². The highest BCUT2D eigenvalue weighted by Gasteiger charge is 2.22. The monoisotopic (exact) mass is 271 g/mol. The molecule has 0 saturated carbocycles. The van der Waals surface area contributed by atoms with Crippen molar-refractivity contribution in [2.45, 2.75) is 31.6 Å². The van der Waals surface area contributed by atoms with Crippen LogP contribution in [0.5, 0.6) is 0 Å². The van der Waals surface area contributed by atoms with Crippen LogP contribution in [0.15, 0.2) is 16.6 Å². The van der Waals surface area contributed by atoms with Gasteiger partial charge in [0.1, 0.15) is 5.82 Å². The summed E-state index contributed by atoms with van der Waals surface area (Å²) in [5.74, 6) is 0.381. The molecule has 0 aliphatic heterocycles. The summed E-state index contributed by atoms with van der Waals surface area (Å²) in [7, 11) is 0. The van der Waals surface area contributed by atoms with Gasteiger partial charge in [0, 0.05) is 4.47 Å². The van der Waals surface area contributed by atoms with Crippen molar-refractivity contribution in [2.24, 2.45) is 5.73 Å². The third kappa shape index (κ3) is 2.23. The highest BCUT2D eigenvalue weighted by Crippen LogP contribution is 2.36. The Morgan fingerprint density at radius 3 is 3.00 bits per heavy atom. The van der Waals surface area contributed by atoms with E-state index in [2.05, 4.69) is 22.0 Å². The Balaban J connectivity index is 2.41. The summed E-state index contributed by atoms with van der Waals surface area (Å²) in [4.78, 5) is 0. The third-order valence-corrected chi connectivity index (χ3v) is 3.59. The van der Waals surface area contributed by atoms with Crippen LogP contribution in [0.25, 0.3) is 0 Å². The molecule has 82 valence electrons. The smallest absolute Gasteiger partial charge is 0.127 e. The fourth-order valence-corrected chi connectivity index (χ4v) is 2.88. The molecule has 0 heterocycles. The summed E-state index contributed by atoms with van der Waals surface area (Å²) in [6.07, 6.45) is 4.05. The molecule has 0 spiro atoms. The summed E-state index contributed by atoms with van der Waals surface area (Å²) in [6.45, 7) is 0.679. The average Bonchev–Trinajstić information content (AvgIpc) is 2.19. The highest BCUT2D eigenvalue weighted by atomic mass is 79.9. The second kappa shape index (κ2) is 4.62. The summed E-state index contributed by atoms with van der Waals surface area (Å²) >= 11 is 3.35. The van der Waals surface area contributed by atoms with E-state index in [9.17, 15) is 4.39 Å². The van der Waals surface area contributed by atoms with Crippen molar-refractivity contribution in [2.75, 3.05) is 6.54 Å². The first-order valence-corrected chi connectivity index (χ1v) is 6.19. The van der Waals surface area contributed by atoms with Crippen LogP contribution < -0.4 is 5.73 Å². The van der Waals surface area contributed by atoms with Crippen LogP contribution in [0.3, 0.4) is 0 Å². The van der Waals surface area contributed by atoms with E-state index in [1.54, 1.807) is 6.07 Å². The van der Waals surface area contributed by atoms with E-state index in [0.29, 0.717) is 12.5 Å². The summed E-state index contributed by atoms with van der Waals surface area (Å²) in [5, 5.41) is 0. The van der Waals surface area contributed by atoms with Gasteiger partial charge in [-0.3, -0.25) is 0 Å². The van der Waals surface area contributed by atoms with Gasteiger partial charge in [-0.15, -0.1) is 0 Å². The predicted octanol–water partition coefficient (Wildman–Crippen LogP) is 3.36. The van der Waals surface area contributed by atoms with Crippen molar-refractivity contribution in [3.05, 3.63) is 33.5 Å². The van der Waals surface area contributed by atoms with Crippen LogP contribution in [0.1, 0.15) is 36.3 Å². The lowest BCUT2D eigenvalue weighted by Crippen LogP contribution is -2.15. The second-order valence-electron chi connectivity index (χ2n) is 4.12. The molecule has 0 amide bonds. The molecular weight excluding hydrogens is 257 g/mol. The van der Waals surface area contributed by atoms with E-state index >= 15 is 0 Å². The fourth-order valence-electron chi connectivity index (χ4n) is 2.43. The van der Waals surface area contributed by atoms with E-state index < -0.39 is 0 Å². The number of hydrogen-bond donors (Lipinski definition) is 1. The largest absolute Gasteiger partial charge is 0.330 e. The Bertz CT molecular complexity index is 365. The quantitative estimate of drug-likeness (QED) is 0.877. The Hall–Kier alpha value is -0.410. The predicted molar refractivity (Wildman–Crippen MR) is 63.5 cm³/mol. The van der Waals surface area contributed by atoms with Gasteiger partial charge in [0.2, 0.25) is 0 Å². The molecule has 1 unspecified atom stereocenters. The van der Waals surface area contributed by atoms with E-state index in [1.807, 2.05) is 0 Å². The van der Waals surface area contributed by atoms with E-state index in [0.717, 1.165) is 35.7 Å². The molecule has 1 aromatic carbocycles. The van der Waals surface area contributed by atoms with Crippen molar-refractivity contribution < 1.29 is 4.39 Å². The van der Waals surface area contributed by atoms with Gasteiger partial charge in [-0.25, -0.2) is 4.39 Å². The SMILES string of the molecule is NCCC1CCCc2c(F)cc(Br)cc21. The fraction of sp³-hybridized carbons (Fsp3) is 0.500. The molecule has 15 heavy (non-hydrogen) atoms. The number of rotatable bonds is 2. The topological polar surface area (TPSA) is 26.0 Å². The number of benzene rings is 1.